The van der Waals surface area contributed by atoms with E-state index in [2.05, 4.69) is 47.6 Å². The Morgan fingerprint density at radius 3 is 2.29 bits per heavy atom. The Balaban J connectivity index is 1.61. The topological polar surface area (TPSA) is 77.8 Å². The van der Waals surface area contributed by atoms with E-state index in [9.17, 15) is 20.1 Å². The molecule has 4 heteroatoms. The lowest BCUT2D eigenvalue weighted by molar-refractivity contribution is -0.213. The molecule has 0 heterocycles. The number of hydrogen-bond donors (Lipinski definition) is 3. The third-order valence-electron chi connectivity index (χ3n) is 13.2. The van der Waals surface area contributed by atoms with E-state index in [0.29, 0.717) is 11.8 Å². The number of hydrogen-bond acceptors (Lipinski definition) is 3. The van der Waals surface area contributed by atoms with E-state index in [4.69, 9.17) is 0 Å². The minimum Gasteiger partial charge on any atom is -0.481 e. The molecule has 5 aliphatic carbocycles. The maximum absolute atomic E-state index is 12.1. The summed E-state index contributed by atoms with van der Waals surface area (Å²) in [5, 5.41) is 32.1. The Kier molecular flexibility index (Phi) is 5.76. The van der Waals surface area contributed by atoms with E-state index >= 15 is 0 Å². The highest BCUT2D eigenvalue weighted by Crippen LogP contribution is 2.76. The van der Waals surface area contributed by atoms with Gasteiger partial charge in [0.15, 0.2) is 0 Å². The van der Waals surface area contributed by atoms with Crippen LogP contribution >= 0.6 is 0 Å². The number of aliphatic hydroxyl groups excluding tert-OH is 2. The van der Waals surface area contributed by atoms with Gasteiger partial charge >= 0.3 is 5.97 Å². The summed E-state index contributed by atoms with van der Waals surface area (Å²) in [7, 11) is 0. The molecule has 4 fully saturated rings. The fourth-order valence-electron chi connectivity index (χ4n) is 11.1. The van der Waals surface area contributed by atoms with Crippen LogP contribution < -0.4 is 0 Å². The second-order valence-corrected chi connectivity index (χ2v) is 15.4. The van der Waals surface area contributed by atoms with E-state index in [1.807, 2.05) is 0 Å². The van der Waals surface area contributed by atoms with Crippen molar-refractivity contribution in [2.45, 2.75) is 118 Å². The average Bonchev–Trinajstić information content (AvgIpc) is 2.76. The molecule has 0 amide bonds. The monoisotopic (exact) mass is 486 g/mol. The molecular weight excluding hydrogens is 436 g/mol. The van der Waals surface area contributed by atoms with Crippen LogP contribution in [-0.4, -0.2) is 34.0 Å². The number of carbonyl (C=O) groups is 1. The van der Waals surface area contributed by atoms with E-state index in [1.165, 1.54) is 5.57 Å². The molecule has 5 rings (SSSR count). The van der Waals surface area contributed by atoms with Gasteiger partial charge in [-0.2, -0.15) is 0 Å². The molecule has 0 radical (unpaired) electrons. The van der Waals surface area contributed by atoms with Gasteiger partial charge in [-0.3, -0.25) is 4.79 Å². The zero-order valence-corrected chi connectivity index (χ0v) is 23.1. The molecule has 0 spiro atoms. The molecule has 0 aromatic heterocycles. The highest BCUT2D eigenvalue weighted by molar-refractivity contribution is 5.68. The third kappa shape index (κ3) is 3.33. The van der Waals surface area contributed by atoms with Crippen LogP contribution in [0, 0.1) is 50.2 Å². The van der Waals surface area contributed by atoms with Gasteiger partial charge < -0.3 is 15.3 Å². The minimum atomic E-state index is -0.664. The molecule has 4 saturated carbocycles. The van der Waals surface area contributed by atoms with E-state index < -0.39 is 5.97 Å². The Labute approximate surface area is 213 Å². The van der Waals surface area contributed by atoms with Gasteiger partial charge in [0, 0.05) is 5.41 Å². The van der Waals surface area contributed by atoms with Crippen molar-refractivity contribution in [2.75, 3.05) is 6.61 Å². The molecule has 0 aromatic carbocycles. The van der Waals surface area contributed by atoms with Crippen LogP contribution in [-0.2, 0) is 4.79 Å². The lowest BCUT2D eigenvalue weighted by atomic mass is 9.33. The van der Waals surface area contributed by atoms with Gasteiger partial charge in [-0.25, -0.2) is 0 Å². The highest BCUT2D eigenvalue weighted by atomic mass is 16.4. The largest absolute Gasteiger partial charge is 0.481 e. The number of rotatable bonds is 3. The molecular formula is C31H50O4. The van der Waals surface area contributed by atoms with Crippen molar-refractivity contribution >= 4 is 5.97 Å². The summed E-state index contributed by atoms with van der Waals surface area (Å²) < 4.78 is 0. The van der Waals surface area contributed by atoms with Crippen LogP contribution in [0.15, 0.2) is 11.6 Å². The normalized spacial score (nSPS) is 50.1. The molecule has 5 aliphatic rings. The predicted molar refractivity (Wildman–Crippen MR) is 139 cm³/mol. The van der Waals surface area contributed by atoms with Crippen molar-refractivity contribution in [3.05, 3.63) is 11.6 Å². The first kappa shape index (κ1) is 25.8. The zero-order chi connectivity index (χ0) is 25.7. The Hall–Kier alpha value is -0.870. The zero-order valence-electron chi connectivity index (χ0n) is 23.1. The molecule has 198 valence electrons. The van der Waals surface area contributed by atoms with Crippen LogP contribution in [0.1, 0.15) is 112 Å². The maximum atomic E-state index is 12.1. The van der Waals surface area contributed by atoms with Gasteiger partial charge in [-0.15, -0.1) is 0 Å². The lowest BCUT2D eigenvalue weighted by Crippen LogP contribution is -2.66. The highest BCUT2D eigenvalue weighted by Gasteiger charge is 2.69. The summed E-state index contributed by atoms with van der Waals surface area (Å²) in [6.45, 7) is 14.4. The molecule has 0 bridgehead atoms. The van der Waals surface area contributed by atoms with Crippen molar-refractivity contribution in [1.82, 2.24) is 0 Å². The first-order chi connectivity index (χ1) is 16.2. The van der Waals surface area contributed by atoms with E-state index in [-0.39, 0.29) is 57.5 Å². The Morgan fingerprint density at radius 1 is 0.943 bits per heavy atom. The quantitative estimate of drug-likeness (QED) is 0.393. The number of carboxylic acid groups (broad SMARTS) is 1. The number of fused-ring (bicyclic) bond motifs is 7. The number of allylic oxidation sites excluding steroid dienone is 1. The molecule has 4 nitrogen and oxygen atoms in total. The summed E-state index contributed by atoms with van der Waals surface area (Å²) in [5.74, 6) is 0.574. The minimum absolute atomic E-state index is 0.00638. The van der Waals surface area contributed by atoms with Crippen LogP contribution in [0.4, 0.5) is 0 Å². The average molecular weight is 487 g/mol. The molecule has 8 atom stereocenters. The molecule has 0 aromatic rings. The fraction of sp³-hybridized carbons (Fsp3) is 0.903. The first-order valence-electron chi connectivity index (χ1n) is 14.4. The van der Waals surface area contributed by atoms with Crippen molar-refractivity contribution in [2.24, 2.45) is 50.2 Å². The summed E-state index contributed by atoms with van der Waals surface area (Å²) in [5.41, 5.74) is 1.31. The molecule has 35 heavy (non-hydrogen) atoms. The van der Waals surface area contributed by atoms with Crippen molar-refractivity contribution < 1.29 is 20.1 Å². The first-order valence-corrected chi connectivity index (χ1v) is 14.4. The Morgan fingerprint density at radius 2 is 1.63 bits per heavy atom. The molecule has 0 saturated heterocycles. The lowest BCUT2D eigenvalue weighted by Gasteiger charge is -2.71. The number of aliphatic hydroxyl groups is 2. The van der Waals surface area contributed by atoms with Crippen molar-refractivity contribution in [3.63, 3.8) is 0 Å². The van der Waals surface area contributed by atoms with Gasteiger partial charge in [0.1, 0.15) is 0 Å². The van der Waals surface area contributed by atoms with Crippen LogP contribution in [0.3, 0.4) is 0 Å². The van der Waals surface area contributed by atoms with Crippen LogP contribution in [0.2, 0.25) is 0 Å². The number of aliphatic carboxylic acids is 1. The summed E-state index contributed by atoms with van der Waals surface area (Å²) in [6, 6.07) is 0. The SMILES string of the molecule is CC1(C)CC[C@]2(CC(=O)O)CC[C@]3(CO)C(=CC[C@@H]4[C@@]5(C)CC[C@@H](O)C(C)(C)[C@@H]5CC[C@]43C)[C@@H]2C1. The smallest absolute Gasteiger partial charge is 0.303 e. The van der Waals surface area contributed by atoms with Gasteiger partial charge in [-0.05, 0) is 109 Å². The molecule has 3 N–H and O–H groups in total. The maximum Gasteiger partial charge on any atom is 0.303 e. The molecule has 0 aliphatic heterocycles. The summed E-state index contributed by atoms with van der Waals surface area (Å²) >= 11 is 0. The third-order valence-corrected chi connectivity index (χ3v) is 13.2. The second-order valence-electron chi connectivity index (χ2n) is 15.4. The van der Waals surface area contributed by atoms with Gasteiger partial charge in [-0.1, -0.05) is 53.2 Å². The van der Waals surface area contributed by atoms with Gasteiger partial charge in [0.05, 0.1) is 19.1 Å². The van der Waals surface area contributed by atoms with Gasteiger partial charge in [0.2, 0.25) is 0 Å². The predicted octanol–water partition coefficient (Wildman–Crippen LogP) is 6.60. The van der Waals surface area contributed by atoms with Crippen LogP contribution in [0.5, 0.6) is 0 Å². The summed E-state index contributed by atoms with van der Waals surface area (Å²) in [4.78, 5) is 12.1. The molecule has 0 unspecified atom stereocenters. The summed E-state index contributed by atoms with van der Waals surface area (Å²) in [6.07, 6.45) is 12.7. The van der Waals surface area contributed by atoms with Crippen molar-refractivity contribution in [1.29, 1.82) is 0 Å². The number of carboxylic acids is 1. The van der Waals surface area contributed by atoms with Crippen LogP contribution in [0.25, 0.3) is 0 Å². The van der Waals surface area contributed by atoms with E-state index in [0.717, 1.165) is 64.2 Å². The Bertz CT molecular complexity index is 919. The van der Waals surface area contributed by atoms with Gasteiger partial charge in [0.25, 0.3) is 0 Å². The van der Waals surface area contributed by atoms with E-state index in [1.54, 1.807) is 0 Å². The van der Waals surface area contributed by atoms with Crippen molar-refractivity contribution in [3.8, 4) is 0 Å². The second kappa shape index (κ2) is 7.82. The standard InChI is InChI=1S/C31H50O4/c1-26(2)13-14-30(18-25(34)35)15-16-31(19-32)20(21(30)17-26)7-8-23-28(5)11-10-24(33)27(3,4)22(28)9-12-29(23,31)6/h7,21-24,32-33H,8-19H2,1-6H3,(H,34,35)/t21-,22-,23+,24+,28-,29+,30+,31-/m0/s1. The fourth-order valence-corrected chi connectivity index (χ4v) is 11.1.